The predicted octanol–water partition coefficient (Wildman–Crippen LogP) is 4.17. The molecule has 2 rings (SSSR count). The van der Waals surface area contributed by atoms with Crippen LogP contribution in [0.4, 0.5) is 5.69 Å². The van der Waals surface area contributed by atoms with Crippen molar-refractivity contribution in [3.8, 4) is 5.75 Å². The molecular weight excluding hydrogens is 342 g/mol. The van der Waals surface area contributed by atoms with Crippen LogP contribution in [-0.2, 0) is 9.53 Å². The Bertz CT molecular complexity index is 711. The van der Waals surface area contributed by atoms with Gasteiger partial charge in [0.15, 0.2) is 6.61 Å². The molecule has 0 unspecified atom stereocenters. The Morgan fingerprint density at radius 3 is 2.28 bits per heavy atom. The van der Waals surface area contributed by atoms with Gasteiger partial charge in [0.2, 0.25) is 0 Å². The summed E-state index contributed by atoms with van der Waals surface area (Å²) in [6.45, 7) is 4.12. The number of hydrogen-bond acceptors (Lipinski definition) is 4. The zero-order chi connectivity index (χ0) is 18.2. The van der Waals surface area contributed by atoms with Gasteiger partial charge in [-0.25, -0.2) is 4.79 Å². The van der Waals surface area contributed by atoms with Gasteiger partial charge in [-0.2, -0.15) is 0 Å². The molecule has 0 atom stereocenters. The van der Waals surface area contributed by atoms with Crippen molar-refractivity contribution in [1.82, 2.24) is 0 Å². The van der Waals surface area contributed by atoms with Crippen LogP contribution in [0.1, 0.15) is 24.2 Å². The molecule has 25 heavy (non-hydrogen) atoms. The highest BCUT2D eigenvalue weighted by Crippen LogP contribution is 2.16. The van der Waals surface area contributed by atoms with Gasteiger partial charge in [0.1, 0.15) is 5.75 Å². The Balaban J connectivity index is 1.85. The van der Waals surface area contributed by atoms with Crippen molar-refractivity contribution in [2.75, 3.05) is 18.5 Å². The maximum Gasteiger partial charge on any atom is 0.344 e. The van der Waals surface area contributed by atoms with Crippen molar-refractivity contribution in [2.45, 2.75) is 13.8 Å². The lowest BCUT2D eigenvalue weighted by molar-refractivity contribution is -0.147. The smallest absolute Gasteiger partial charge is 0.344 e. The number of carbonyl (C=O) groups excluding carboxylic acids is 2. The minimum absolute atomic E-state index is 0.164. The molecule has 0 aromatic heterocycles. The highest BCUT2D eigenvalue weighted by Gasteiger charge is 2.08. The van der Waals surface area contributed by atoms with Crippen LogP contribution in [0.3, 0.4) is 0 Å². The fourth-order valence-electron chi connectivity index (χ4n) is 1.88. The molecule has 132 valence electrons. The summed E-state index contributed by atoms with van der Waals surface area (Å²) in [5.41, 5.74) is 1.13. The number of benzene rings is 2. The third-order valence-electron chi connectivity index (χ3n) is 3.15. The molecule has 0 aliphatic rings. The molecule has 0 fully saturated rings. The number of amides is 1. The summed E-state index contributed by atoms with van der Waals surface area (Å²) in [7, 11) is 0. The molecule has 2 aromatic rings. The first-order valence-corrected chi connectivity index (χ1v) is 8.27. The molecule has 0 saturated carbocycles. The SMILES string of the molecule is CC(C)COC(=O)COc1ccc(C(=O)Nc2ccc(Cl)cc2)cc1. The van der Waals surface area contributed by atoms with Crippen LogP contribution in [0.5, 0.6) is 5.75 Å². The Kier molecular flexibility index (Phi) is 6.83. The second-order valence-electron chi connectivity index (χ2n) is 5.85. The standard InChI is InChI=1S/C19H20ClNO4/c1-13(2)11-25-18(22)12-24-17-9-3-14(4-10-17)19(23)21-16-7-5-15(20)6-8-16/h3-10,13H,11-12H2,1-2H3,(H,21,23). The molecule has 2 aromatic carbocycles. The van der Waals surface area contributed by atoms with Gasteiger partial charge < -0.3 is 14.8 Å². The number of halogens is 1. The van der Waals surface area contributed by atoms with Gasteiger partial charge >= 0.3 is 5.97 Å². The Hall–Kier alpha value is -2.53. The van der Waals surface area contributed by atoms with Crippen LogP contribution in [0.25, 0.3) is 0 Å². The number of nitrogens with one attached hydrogen (secondary N) is 1. The average Bonchev–Trinajstić information content (AvgIpc) is 2.60. The second kappa shape index (κ2) is 9.08. The van der Waals surface area contributed by atoms with Crippen LogP contribution < -0.4 is 10.1 Å². The minimum atomic E-state index is -0.418. The molecule has 0 bridgehead atoms. The lowest BCUT2D eigenvalue weighted by Crippen LogP contribution is -2.17. The number of anilines is 1. The quantitative estimate of drug-likeness (QED) is 0.752. The third-order valence-corrected chi connectivity index (χ3v) is 3.40. The summed E-state index contributed by atoms with van der Waals surface area (Å²) >= 11 is 5.81. The molecule has 0 spiro atoms. The zero-order valence-corrected chi connectivity index (χ0v) is 14.9. The molecule has 0 aliphatic carbocycles. The molecule has 1 amide bonds. The van der Waals surface area contributed by atoms with E-state index in [-0.39, 0.29) is 18.4 Å². The lowest BCUT2D eigenvalue weighted by atomic mass is 10.2. The summed E-state index contributed by atoms with van der Waals surface area (Å²) in [5.74, 6) is 0.107. The van der Waals surface area contributed by atoms with E-state index in [1.165, 1.54) is 0 Å². The second-order valence-corrected chi connectivity index (χ2v) is 6.29. The summed E-state index contributed by atoms with van der Waals surface area (Å²) in [6.07, 6.45) is 0. The van der Waals surface area contributed by atoms with Crippen LogP contribution in [0, 0.1) is 5.92 Å². The van der Waals surface area contributed by atoms with Gasteiger partial charge in [0.05, 0.1) is 6.61 Å². The van der Waals surface area contributed by atoms with Crippen molar-refractivity contribution in [3.05, 3.63) is 59.1 Å². The molecule has 0 aliphatic heterocycles. The molecule has 1 N–H and O–H groups in total. The Labute approximate surface area is 151 Å². The molecular formula is C19H20ClNO4. The first kappa shape index (κ1) is 18.8. The molecule has 0 heterocycles. The molecule has 0 radical (unpaired) electrons. The van der Waals surface area contributed by atoms with Crippen LogP contribution in [-0.4, -0.2) is 25.1 Å². The fraction of sp³-hybridized carbons (Fsp3) is 0.263. The Morgan fingerprint density at radius 2 is 1.68 bits per heavy atom. The lowest BCUT2D eigenvalue weighted by Gasteiger charge is -2.09. The van der Waals surface area contributed by atoms with Crippen molar-refractivity contribution < 1.29 is 19.1 Å². The minimum Gasteiger partial charge on any atom is -0.482 e. The van der Waals surface area contributed by atoms with Crippen LogP contribution >= 0.6 is 11.6 Å². The van der Waals surface area contributed by atoms with Crippen molar-refractivity contribution in [3.63, 3.8) is 0 Å². The monoisotopic (exact) mass is 361 g/mol. The van der Waals surface area contributed by atoms with E-state index >= 15 is 0 Å². The fourth-order valence-corrected chi connectivity index (χ4v) is 2.01. The molecule has 6 heteroatoms. The maximum atomic E-state index is 12.2. The Morgan fingerprint density at radius 1 is 1.04 bits per heavy atom. The number of carbonyl (C=O) groups is 2. The van der Waals surface area contributed by atoms with E-state index in [1.54, 1.807) is 48.5 Å². The van der Waals surface area contributed by atoms with E-state index in [9.17, 15) is 9.59 Å². The van der Waals surface area contributed by atoms with E-state index in [0.29, 0.717) is 28.6 Å². The maximum absolute atomic E-state index is 12.2. The van der Waals surface area contributed by atoms with Gasteiger partial charge in [-0.3, -0.25) is 4.79 Å². The predicted molar refractivity (Wildman–Crippen MR) is 97.1 cm³/mol. The topological polar surface area (TPSA) is 64.6 Å². The summed E-state index contributed by atoms with van der Waals surface area (Å²) in [4.78, 5) is 23.7. The average molecular weight is 362 g/mol. The molecule has 5 nitrogen and oxygen atoms in total. The van der Waals surface area contributed by atoms with Crippen molar-refractivity contribution in [2.24, 2.45) is 5.92 Å². The summed E-state index contributed by atoms with van der Waals surface area (Å²) in [5, 5.41) is 3.37. The van der Waals surface area contributed by atoms with Crippen molar-refractivity contribution in [1.29, 1.82) is 0 Å². The summed E-state index contributed by atoms with van der Waals surface area (Å²) in [6, 6.07) is 13.4. The third kappa shape index (κ3) is 6.47. The normalized spacial score (nSPS) is 10.4. The van der Waals surface area contributed by atoms with Crippen LogP contribution in [0.15, 0.2) is 48.5 Å². The highest BCUT2D eigenvalue weighted by atomic mass is 35.5. The van der Waals surface area contributed by atoms with E-state index in [2.05, 4.69) is 5.32 Å². The van der Waals surface area contributed by atoms with Gasteiger partial charge in [-0.15, -0.1) is 0 Å². The summed E-state index contributed by atoms with van der Waals surface area (Å²) < 4.78 is 10.4. The van der Waals surface area contributed by atoms with E-state index in [0.717, 1.165) is 0 Å². The van der Waals surface area contributed by atoms with Gasteiger partial charge in [0, 0.05) is 16.3 Å². The zero-order valence-electron chi connectivity index (χ0n) is 14.1. The van der Waals surface area contributed by atoms with E-state index in [1.807, 2.05) is 13.8 Å². The van der Waals surface area contributed by atoms with Gasteiger partial charge in [0.25, 0.3) is 5.91 Å². The number of esters is 1. The first-order chi connectivity index (χ1) is 11.9. The van der Waals surface area contributed by atoms with E-state index < -0.39 is 5.97 Å². The number of rotatable bonds is 7. The van der Waals surface area contributed by atoms with Crippen LogP contribution in [0.2, 0.25) is 5.02 Å². The highest BCUT2D eigenvalue weighted by molar-refractivity contribution is 6.30. The molecule has 0 saturated heterocycles. The number of hydrogen-bond donors (Lipinski definition) is 1. The van der Waals surface area contributed by atoms with E-state index in [4.69, 9.17) is 21.1 Å². The number of ether oxygens (including phenoxy) is 2. The first-order valence-electron chi connectivity index (χ1n) is 7.89. The van der Waals surface area contributed by atoms with Gasteiger partial charge in [-0.1, -0.05) is 25.4 Å². The van der Waals surface area contributed by atoms with Gasteiger partial charge in [-0.05, 0) is 54.4 Å². The van der Waals surface area contributed by atoms with Crippen molar-refractivity contribution >= 4 is 29.2 Å². The largest absolute Gasteiger partial charge is 0.482 e.